The van der Waals surface area contributed by atoms with Crippen LogP contribution in [-0.2, 0) is 0 Å². The highest BCUT2D eigenvalue weighted by Gasteiger charge is 2.14. The highest BCUT2D eigenvalue weighted by atomic mass is 16.2. The van der Waals surface area contributed by atoms with E-state index in [0.29, 0.717) is 16.6 Å². The number of para-hydroxylation sites is 2. The van der Waals surface area contributed by atoms with Crippen molar-refractivity contribution in [1.29, 1.82) is 0 Å². The van der Waals surface area contributed by atoms with Crippen LogP contribution >= 0.6 is 0 Å². The van der Waals surface area contributed by atoms with Crippen LogP contribution in [0.4, 0.5) is 10.5 Å². The number of fused-ring (bicyclic) bond motifs is 1. The first-order valence-corrected chi connectivity index (χ1v) is 7.59. The van der Waals surface area contributed by atoms with Crippen molar-refractivity contribution < 1.29 is 9.59 Å². The predicted octanol–water partition coefficient (Wildman–Crippen LogP) is 2.30. The Balaban J connectivity index is 1.71. The Morgan fingerprint density at radius 3 is 2.48 bits per heavy atom. The summed E-state index contributed by atoms with van der Waals surface area (Å²) in [4.78, 5) is 39.3. The fourth-order valence-electron chi connectivity index (χ4n) is 2.44. The molecular formula is C18H16N4O3. The molecule has 1 aromatic heterocycles. The highest BCUT2D eigenvalue weighted by Crippen LogP contribution is 2.12. The molecule has 0 saturated carbocycles. The Morgan fingerprint density at radius 2 is 1.72 bits per heavy atom. The fraction of sp³-hybridized carbons (Fsp3) is 0.0556. The molecule has 25 heavy (non-hydrogen) atoms. The number of rotatable bonds is 2. The predicted molar refractivity (Wildman–Crippen MR) is 95.4 cm³/mol. The molecule has 4 N–H and O–H groups in total. The molecule has 3 aromatic rings. The third kappa shape index (κ3) is 3.50. The third-order valence-electron chi connectivity index (χ3n) is 3.69. The summed E-state index contributed by atoms with van der Waals surface area (Å²) in [7, 11) is 0. The van der Waals surface area contributed by atoms with Gasteiger partial charge in [0.25, 0.3) is 5.91 Å². The Labute approximate surface area is 143 Å². The number of aromatic nitrogens is 1. The van der Waals surface area contributed by atoms with E-state index in [1.165, 1.54) is 6.20 Å². The van der Waals surface area contributed by atoms with Gasteiger partial charge >= 0.3 is 6.03 Å². The van der Waals surface area contributed by atoms with Crippen molar-refractivity contribution in [2.24, 2.45) is 0 Å². The number of hydrogen-bond donors (Lipinski definition) is 4. The minimum absolute atomic E-state index is 0.0851. The standard InChI is InChI=1S/C18H16N4O3/c1-11-6-5-9-13-15(11)19-10-14(16(13)23)17(24)21-22-18(25)20-12-7-3-2-4-8-12/h2-10H,1H3,(H,19,23)(H,21,24)(H2,20,22,25). The lowest BCUT2D eigenvalue weighted by molar-refractivity contribution is 0.0936. The third-order valence-corrected chi connectivity index (χ3v) is 3.69. The fourth-order valence-corrected chi connectivity index (χ4v) is 2.44. The minimum Gasteiger partial charge on any atom is -0.360 e. The number of H-pyrrole nitrogens is 1. The Hall–Kier alpha value is -3.61. The lowest BCUT2D eigenvalue weighted by atomic mass is 10.1. The Morgan fingerprint density at radius 1 is 0.960 bits per heavy atom. The summed E-state index contributed by atoms with van der Waals surface area (Å²) >= 11 is 0. The van der Waals surface area contributed by atoms with E-state index >= 15 is 0 Å². The van der Waals surface area contributed by atoms with Crippen LogP contribution in [0.3, 0.4) is 0 Å². The van der Waals surface area contributed by atoms with Crippen LogP contribution in [0.25, 0.3) is 10.9 Å². The summed E-state index contributed by atoms with van der Waals surface area (Å²) in [6, 6.07) is 13.4. The van der Waals surface area contributed by atoms with Gasteiger partial charge in [-0.05, 0) is 30.7 Å². The average Bonchev–Trinajstić information content (AvgIpc) is 2.61. The number of urea groups is 1. The number of carbonyl (C=O) groups excluding carboxylic acids is 2. The van der Waals surface area contributed by atoms with Crippen molar-refractivity contribution in [2.45, 2.75) is 6.92 Å². The summed E-state index contributed by atoms with van der Waals surface area (Å²) in [5.74, 6) is -0.701. The zero-order valence-electron chi connectivity index (χ0n) is 13.4. The monoisotopic (exact) mass is 336 g/mol. The normalized spacial score (nSPS) is 10.3. The van der Waals surface area contributed by atoms with Gasteiger partial charge in [-0.15, -0.1) is 0 Å². The van der Waals surface area contributed by atoms with Gasteiger partial charge in [-0.2, -0.15) is 0 Å². The molecule has 0 bridgehead atoms. The van der Waals surface area contributed by atoms with Gasteiger partial charge in [0.1, 0.15) is 5.56 Å². The number of carbonyl (C=O) groups is 2. The number of aromatic amines is 1. The van der Waals surface area contributed by atoms with Crippen molar-refractivity contribution in [3.8, 4) is 0 Å². The van der Waals surface area contributed by atoms with Gasteiger partial charge in [0, 0.05) is 17.3 Å². The van der Waals surface area contributed by atoms with Gasteiger partial charge in [-0.1, -0.05) is 30.3 Å². The van der Waals surface area contributed by atoms with Gasteiger partial charge in [0.05, 0.1) is 5.52 Å². The number of pyridine rings is 1. The largest absolute Gasteiger partial charge is 0.360 e. The number of aryl methyl sites for hydroxylation is 1. The Kier molecular flexibility index (Phi) is 4.47. The molecule has 3 amide bonds. The lowest BCUT2D eigenvalue weighted by Crippen LogP contribution is -2.45. The van der Waals surface area contributed by atoms with Crippen LogP contribution in [0.2, 0.25) is 0 Å². The number of hydrogen-bond acceptors (Lipinski definition) is 3. The summed E-state index contributed by atoms with van der Waals surface area (Å²) in [6.07, 6.45) is 1.34. The second-order valence-corrected chi connectivity index (χ2v) is 5.43. The number of hydrazine groups is 1. The van der Waals surface area contributed by atoms with E-state index < -0.39 is 17.4 Å². The molecule has 0 radical (unpaired) electrons. The average molecular weight is 336 g/mol. The van der Waals surface area contributed by atoms with Gasteiger partial charge in [-0.25, -0.2) is 10.2 Å². The van der Waals surface area contributed by atoms with E-state index in [-0.39, 0.29) is 5.56 Å². The quantitative estimate of drug-likeness (QED) is 0.540. The van der Waals surface area contributed by atoms with Crippen LogP contribution in [0.5, 0.6) is 0 Å². The molecule has 0 unspecified atom stereocenters. The van der Waals surface area contributed by atoms with E-state index in [1.54, 1.807) is 36.4 Å². The van der Waals surface area contributed by atoms with Gasteiger partial charge < -0.3 is 10.3 Å². The summed E-state index contributed by atoms with van der Waals surface area (Å²) in [5, 5.41) is 2.97. The first kappa shape index (κ1) is 16.3. The smallest absolute Gasteiger partial charge is 0.337 e. The Bertz CT molecular complexity index is 996. The first-order chi connectivity index (χ1) is 12.1. The molecule has 0 aliphatic carbocycles. The van der Waals surface area contributed by atoms with E-state index in [2.05, 4.69) is 21.2 Å². The minimum atomic E-state index is -0.701. The van der Waals surface area contributed by atoms with Crippen LogP contribution < -0.4 is 21.6 Å². The van der Waals surface area contributed by atoms with Gasteiger partial charge in [-0.3, -0.25) is 15.0 Å². The van der Waals surface area contributed by atoms with Crippen LogP contribution in [0, 0.1) is 6.92 Å². The molecule has 0 aliphatic heterocycles. The number of amides is 3. The van der Waals surface area contributed by atoms with Crippen molar-refractivity contribution in [3.05, 3.63) is 76.1 Å². The van der Waals surface area contributed by atoms with Crippen LogP contribution in [-0.4, -0.2) is 16.9 Å². The van der Waals surface area contributed by atoms with E-state index in [4.69, 9.17) is 0 Å². The molecule has 0 fully saturated rings. The van der Waals surface area contributed by atoms with Crippen molar-refractivity contribution in [3.63, 3.8) is 0 Å². The molecule has 0 saturated heterocycles. The number of nitrogens with one attached hydrogen (secondary N) is 4. The lowest BCUT2D eigenvalue weighted by Gasteiger charge is -2.09. The SMILES string of the molecule is Cc1cccc2c(=O)c(C(=O)NNC(=O)Nc3ccccc3)c[nH]c12. The van der Waals surface area contributed by atoms with E-state index in [1.807, 2.05) is 19.1 Å². The maximum Gasteiger partial charge on any atom is 0.337 e. The van der Waals surface area contributed by atoms with Crippen molar-refractivity contribution in [2.75, 3.05) is 5.32 Å². The first-order valence-electron chi connectivity index (χ1n) is 7.59. The molecule has 2 aromatic carbocycles. The summed E-state index contributed by atoms with van der Waals surface area (Å²) in [6.45, 7) is 1.87. The molecule has 0 spiro atoms. The van der Waals surface area contributed by atoms with E-state index in [9.17, 15) is 14.4 Å². The van der Waals surface area contributed by atoms with Crippen molar-refractivity contribution >= 4 is 28.5 Å². The molecule has 126 valence electrons. The molecule has 0 atom stereocenters. The molecule has 0 aliphatic rings. The molecule has 7 nitrogen and oxygen atoms in total. The summed E-state index contributed by atoms with van der Waals surface area (Å²) in [5.41, 5.74) is 6.11. The maximum atomic E-state index is 12.4. The van der Waals surface area contributed by atoms with Crippen molar-refractivity contribution in [1.82, 2.24) is 15.8 Å². The molecule has 3 rings (SSSR count). The number of anilines is 1. The number of benzene rings is 2. The second kappa shape index (κ2) is 6.88. The summed E-state index contributed by atoms with van der Waals surface area (Å²) < 4.78 is 0. The maximum absolute atomic E-state index is 12.4. The van der Waals surface area contributed by atoms with Gasteiger partial charge in [0.15, 0.2) is 0 Å². The van der Waals surface area contributed by atoms with Gasteiger partial charge in [0.2, 0.25) is 5.43 Å². The zero-order chi connectivity index (χ0) is 17.8. The molecule has 1 heterocycles. The highest BCUT2D eigenvalue weighted by molar-refractivity contribution is 5.99. The molecular weight excluding hydrogens is 320 g/mol. The topological polar surface area (TPSA) is 103 Å². The zero-order valence-corrected chi connectivity index (χ0v) is 13.4. The van der Waals surface area contributed by atoms with Crippen LogP contribution in [0.15, 0.2) is 59.5 Å². The molecule has 7 heteroatoms. The van der Waals surface area contributed by atoms with Crippen LogP contribution in [0.1, 0.15) is 15.9 Å². The second-order valence-electron chi connectivity index (χ2n) is 5.43. The van der Waals surface area contributed by atoms with E-state index in [0.717, 1.165) is 5.56 Å².